The number of alkyl halides is 3. The van der Waals surface area contributed by atoms with Crippen molar-refractivity contribution in [3.05, 3.63) is 47.2 Å². The zero-order chi connectivity index (χ0) is 14.2. The first-order valence-corrected chi connectivity index (χ1v) is 5.44. The van der Waals surface area contributed by atoms with Crippen LogP contribution >= 0.6 is 0 Å². The second-order valence-electron chi connectivity index (χ2n) is 4.10. The van der Waals surface area contributed by atoms with Gasteiger partial charge in [0.15, 0.2) is 0 Å². The van der Waals surface area contributed by atoms with E-state index in [2.05, 4.69) is 5.10 Å². The first-order valence-electron chi connectivity index (χ1n) is 5.44. The molecule has 4 nitrogen and oxygen atoms in total. The molecule has 2 aromatic rings. The number of aromatic nitrogens is 2. The van der Waals surface area contributed by atoms with E-state index in [0.717, 1.165) is 6.07 Å². The molecule has 19 heavy (non-hydrogen) atoms. The third kappa shape index (κ3) is 2.41. The van der Waals surface area contributed by atoms with Crippen LogP contribution in [0.4, 0.5) is 19.0 Å². The summed E-state index contributed by atoms with van der Waals surface area (Å²) < 4.78 is 39.9. The predicted octanol–water partition coefficient (Wildman–Crippen LogP) is 2.10. The van der Waals surface area contributed by atoms with Gasteiger partial charge in [-0.1, -0.05) is 18.2 Å². The summed E-state index contributed by atoms with van der Waals surface area (Å²) in [6, 6.07) is 4.84. The average Bonchev–Trinajstić information content (AvgIpc) is 2.68. The fourth-order valence-electron chi connectivity index (χ4n) is 1.84. The van der Waals surface area contributed by atoms with Crippen LogP contribution in [-0.4, -0.2) is 14.9 Å². The molecule has 2 rings (SSSR count). The minimum Gasteiger partial charge on any atom is -0.384 e. The van der Waals surface area contributed by atoms with Crippen LogP contribution in [0.1, 0.15) is 22.8 Å². The Morgan fingerprint density at radius 2 is 1.89 bits per heavy atom. The van der Waals surface area contributed by atoms with Crippen LogP contribution in [0, 0.1) is 0 Å². The maximum Gasteiger partial charge on any atom is 0.416 e. The van der Waals surface area contributed by atoms with E-state index < -0.39 is 17.8 Å². The number of anilines is 1. The maximum atomic E-state index is 12.9. The fraction of sp³-hybridized carbons (Fsp3) is 0.250. The highest BCUT2D eigenvalue weighted by atomic mass is 19.4. The van der Waals surface area contributed by atoms with Crippen LogP contribution < -0.4 is 5.73 Å². The Balaban J connectivity index is 2.51. The molecule has 1 heterocycles. The number of aliphatic hydroxyl groups excluding tert-OH is 1. The molecule has 0 radical (unpaired) electrons. The van der Waals surface area contributed by atoms with Crippen LogP contribution in [0.2, 0.25) is 0 Å². The number of halogens is 3. The molecule has 0 saturated carbocycles. The maximum absolute atomic E-state index is 12.9. The topological polar surface area (TPSA) is 64.1 Å². The van der Waals surface area contributed by atoms with Crippen molar-refractivity contribution in [3.8, 4) is 0 Å². The van der Waals surface area contributed by atoms with Crippen molar-refractivity contribution in [3.63, 3.8) is 0 Å². The number of aliphatic hydroxyl groups is 1. The second kappa shape index (κ2) is 4.58. The Bertz CT molecular complexity index is 592. The molecule has 1 unspecified atom stereocenters. The van der Waals surface area contributed by atoms with E-state index in [9.17, 15) is 18.3 Å². The lowest BCUT2D eigenvalue weighted by atomic mass is 9.98. The summed E-state index contributed by atoms with van der Waals surface area (Å²) in [6.45, 7) is 0. The minimum absolute atomic E-state index is 0.129. The molecule has 0 amide bonds. The highest BCUT2D eigenvalue weighted by Gasteiger charge is 2.35. The number of aryl methyl sites for hydroxylation is 1. The third-order valence-electron chi connectivity index (χ3n) is 2.87. The number of nitrogens with two attached hydrogens (primary N) is 1. The van der Waals surface area contributed by atoms with Gasteiger partial charge in [0.25, 0.3) is 0 Å². The van der Waals surface area contributed by atoms with Gasteiger partial charge in [-0.25, -0.2) is 0 Å². The molecule has 0 aliphatic carbocycles. The summed E-state index contributed by atoms with van der Waals surface area (Å²) in [5.41, 5.74) is 4.69. The van der Waals surface area contributed by atoms with Crippen molar-refractivity contribution >= 4 is 5.82 Å². The van der Waals surface area contributed by atoms with Gasteiger partial charge in [-0.3, -0.25) is 4.68 Å². The lowest BCUT2D eigenvalue weighted by molar-refractivity contribution is -0.139. The van der Waals surface area contributed by atoms with E-state index in [0.29, 0.717) is 0 Å². The molecule has 0 aliphatic heterocycles. The van der Waals surface area contributed by atoms with Crippen molar-refractivity contribution in [1.29, 1.82) is 0 Å². The van der Waals surface area contributed by atoms with Crippen molar-refractivity contribution in [1.82, 2.24) is 9.78 Å². The van der Waals surface area contributed by atoms with Crippen LogP contribution in [0.25, 0.3) is 0 Å². The van der Waals surface area contributed by atoms with Gasteiger partial charge < -0.3 is 10.8 Å². The Morgan fingerprint density at radius 3 is 2.42 bits per heavy atom. The summed E-state index contributed by atoms with van der Waals surface area (Å²) in [4.78, 5) is 0. The number of hydrogen-bond donors (Lipinski definition) is 2. The molecule has 0 bridgehead atoms. The Morgan fingerprint density at radius 1 is 1.26 bits per heavy atom. The number of benzene rings is 1. The van der Waals surface area contributed by atoms with E-state index >= 15 is 0 Å². The summed E-state index contributed by atoms with van der Waals surface area (Å²) >= 11 is 0. The van der Waals surface area contributed by atoms with Gasteiger partial charge in [0, 0.05) is 12.6 Å². The van der Waals surface area contributed by atoms with E-state index in [1.807, 2.05) is 0 Å². The first-order chi connectivity index (χ1) is 8.82. The van der Waals surface area contributed by atoms with Crippen molar-refractivity contribution in [2.75, 3.05) is 5.73 Å². The van der Waals surface area contributed by atoms with E-state index in [1.165, 1.54) is 29.1 Å². The zero-order valence-electron chi connectivity index (χ0n) is 10.0. The molecule has 0 spiro atoms. The molecule has 102 valence electrons. The van der Waals surface area contributed by atoms with Crippen molar-refractivity contribution in [2.45, 2.75) is 12.3 Å². The van der Waals surface area contributed by atoms with Gasteiger partial charge in [0.05, 0.1) is 11.8 Å². The molecule has 1 aromatic heterocycles. The second-order valence-corrected chi connectivity index (χ2v) is 4.10. The van der Waals surface area contributed by atoms with E-state index in [1.54, 1.807) is 7.05 Å². The predicted molar refractivity (Wildman–Crippen MR) is 63.1 cm³/mol. The van der Waals surface area contributed by atoms with Crippen LogP contribution in [0.3, 0.4) is 0 Å². The quantitative estimate of drug-likeness (QED) is 0.879. The summed E-state index contributed by atoms with van der Waals surface area (Å²) in [5.74, 6) is 0.129. The molecule has 0 fully saturated rings. The van der Waals surface area contributed by atoms with Gasteiger partial charge in [0.2, 0.25) is 0 Å². The third-order valence-corrected chi connectivity index (χ3v) is 2.87. The fourth-order valence-corrected chi connectivity index (χ4v) is 1.84. The summed E-state index contributed by atoms with van der Waals surface area (Å²) in [6.07, 6.45) is -4.74. The smallest absolute Gasteiger partial charge is 0.384 e. The summed E-state index contributed by atoms with van der Waals surface area (Å²) in [7, 11) is 1.54. The average molecular weight is 271 g/mol. The summed E-state index contributed by atoms with van der Waals surface area (Å²) in [5, 5.41) is 13.9. The number of nitrogen functional groups attached to an aromatic ring is 1. The van der Waals surface area contributed by atoms with Crippen molar-refractivity contribution in [2.24, 2.45) is 7.05 Å². The molecular weight excluding hydrogens is 259 g/mol. The standard InChI is InChI=1S/C12H12F3N3O/c1-18-11(16)8(6-17-18)10(19)7-4-2-3-5-9(7)12(13,14)15/h2-6,10,19H,16H2,1H3. The normalized spacial score (nSPS) is 13.5. The Hall–Kier alpha value is -2.02. The van der Waals surface area contributed by atoms with Crippen LogP contribution in [-0.2, 0) is 13.2 Å². The first kappa shape index (κ1) is 13.4. The van der Waals surface area contributed by atoms with Gasteiger partial charge in [-0.15, -0.1) is 0 Å². The van der Waals surface area contributed by atoms with Gasteiger partial charge in [-0.05, 0) is 11.6 Å². The molecule has 1 aromatic carbocycles. The lowest BCUT2D eigenvalue weighted by Crippen LogP contribution is -2.13. The van der Waals surface area contributed by atoms with Gasteiger partial charge in [-0.2, -0.15) is 18.3 Å². The SMILES string of the molecule is Cn1ncc(C(O)c2ccccc2C(F)(F)F)c1N. The monoisotopic (exact) mass is 271 g/mol. The molecule has 3 N–H and O–H groups in total. The van der Waals surface area contributed by atoms with Crippen LogP contribution in [0.5, 0.6) is 0 Å². The lowest BCUT2D eigenvalue weighted by Gasteiger charge is -2.17. The molecule has 0 aliphatic rings. The molecule has 0 saturated heterocycles. The van der Waals surface area contributed by atoms with Crippen molar-refractivity contribution < 1.29 is 18.3 Å². The van der Waals surface area contributed by atoms with Crippen LogP contribution in [0.15, 0.2) is 30.5 Å². The molecular formula is C12H12F3N3O. The molecule has 7 heteroatoms. The highest BCUT2D eigenvalue weighted by molar-refractivity contribution is 5.46. The van der Waals surface area contributed by atoms with E-state index in [-0.39, 0.29) is 16.9 Å². The largest absolute Gasteiger partial charge is 0.416 e. The van der Waals surface area contributed by atoms with Gasteiger partial charge in [0.1, 0.15) is 11.9 Å². The number of rotatable bonds is 2. The Labute approximate surface area is 107 Å². The minimum atomic E-state index is -4.53. The highest BCUT2D eigenvalue weighted by Crippen LogP contribution is 2.37. The Kier molecular flexibility index (Phi) is 3.23. The van der Waals surface area contributed by atoms with Gasteiger partial charge >= 0.3 is 6.18 Å². The molecule has 1 atom stereocenters. The number of hydrogen-bond acceptors (Lipinski definition) is 3. The van der Waals surface area contributed by atoms with E-state index in [4.69, 9.17) is 5.73 Å². The number of nitrogens with zero attached hydrogens (tertiary/aromatic N) is 2. The zero-order valence-corrected chi connectivity index (χ0v) is 10.0.